The summed E-state index contributed by atoms with van der Waals surface area (Å²) in [5, 5.41) is 3.63. The molecule has 37 heavy (non-hydrogen) atoms. The van der Waals surface area contributed by atoms with Gasteiger partial charge in [0, 0.05) is 33.3 Å². The first-order valence-electron chi connectivity index (χ1n) is 13.6. The van der Waals surface area contributed by atoms with Crippen LogP contribution in [0.5, 0.6) is 0 Å². The van der Waals surface area contributed by atoms with E-state index >= 15 is 0 Å². The Morgan fingerprint density at radius 2 is 1.57 bits per heavy atom. The summed E-state index contributed by atoms with van der Waals surface area (Å²) < 4.78 is 0. The predicted octanol–water partition coefficient (Wildman–Crippen LogP) is 8.65. The maximum absolute atomic E-state index is 4.73. The van der Waals surface area contributed by atoms with Gasteiger partial charge in [-0.05, 0) is 67.9 Å². The molecule has 0 bridgehead atoms. The van der Waals surface area contributed by atoms with Gasteiger partial charge in [0.25, 0.3) is 0 Å². The molecule has 1 aliphatic rings. The van der Waals surface area contributed by atoms with Crippen LogP contribution in [0.3, 0.4) is 0 Å². The van der Waals surface area contributed by atoms with Crippen LogP contribution in [0.25, 0.3) is 11.3 Å². The lowest BCUT2D eigenvalue weighted by Gasteiger charge is -2.24. The van der Waals surface area contributed by atoms with Gasteiger partial charge in [0.05, 0.1) is 17.1 Å². The first-order chi connectivity index (χ1) is 18.0. The van der Waals surface area contributed by atoms with Crippen molar-refractivity contribution in [1.82, 2.24) is 10.3 Å². The molecule has 1 fully saturated rings. The van der Waals surface area contributed by atoms with E-state index in [1.165, 1.54) is 48.8 Å². The molecule has 2 aromatic carbocycles. The van der Waals surface area contributed by atoms with E-state index in [0.717, 1.165) is 52.2 Å². The van der Waals surface area contributed by atoms with Gasteiger partial charge in [0.15, 0.2) is 0 Å². The molecule has 0 unspecified atom stereocenters. The van der Waals surface area contributed by atoms with Crippen molar-refractivity contribution in [2.45, 2.75) is 64.8 Å². The Labute approximate surface area is 226 Å². The number of aromatic nitrogens is 1. The van der Waals surface area contributed by atoms with E-state index in [2.05, 4.69) is 98.0 Å². The molecule has 1 aromatic heterocycles. The molecule has 196 valence electrons. The van der Waals surface area contributed by atoms with Crippen molar-refractivity contribution < 1.29 is 2.85 Å². The quantitative estimate of drug-likeness (QED) is 0.214. The van der Waals surface area contributed by atoms with Crippen molar-refractivity contribution >= 4 is 17.0 Å². The van der Waals surface area contributed by atoms with Crippen LogP contribution in [0.4, 0.5) is 0 Å². The summed E-state index contributed by atoms with van der Waals surface area (Å²) in [6, 6.07) is 22.2. The van der Waals surface area contributed by atoms with Gasteiger partial charge in [0.2, 0.25) is 0 Å². The number of aryl methyl sites for hydroxylation is 2. The fourth-order valence-electron chi connectivity index (χ4n) is 5.29. The van der Waals surface area contributed by atoms with Crippen molar-refractivity contribution in [1.29, 1.82) is 0 Å². The highest BCUT2D eigenvalue weighted by atomic mass is 14.9. The monoisotopic (exact) mass is 495 g/mol. The summed E-state index contributed by atoms with van der Waals surface area (Å²) in [4.78, 5) is 8.14. The average molecular weight is 496 g/mol. The third kappa shape index (κ3) is 6.80. The molecule has 3 aromatic rings. The van der Waals surface area contributed by atoms with Crippen molar-refractivity contribution in [2.75, 3.05) is 7.05 Å². The largest absolute Gasteiger partial charge is 0.381 e. The topological polar surface area (TPSA) is 40.2 Å². The van der Waals surface area contributed by atoms with Crippen LogP contribution in [-0.2, 0) is 12.8 Å². The zero-order valence-electron chi connectivity index (χ0n) is 22.7. The minimum atomic E-state index is 0. The molecular weight excluding hydrogens is 450 g/mol. The van der Waals surface area contributed by atoms with Crippen LogP contribution in [0.2, 0.25) is 0 Å². The third-order valence-electron chi connectivity index (χ3n) is 7.37. The molecule has 2 N–H and O–H groups in total. The van der Waals surface area contributed by atoms with Crippen molar-refractivity contribution in [3.63, 3.8) is 0 Å². The minimum absolute atomic E-state index is 0. The van der Waals surface area contributed by atoms with E-state index < -0.39 is 0 Å². The Bertz CT molecular complexity index is 1270. The van der Waals surface area contributed by atoms with Crippen molar-refractivity contribution in [3.05, 3.63) is 119 Å². The number of allylic oxidation sites excluding steroid dienone is 3. The summed E-state index contributed by atoms with van der Waals surface area (Å²) in [5.41, 5.74) is 11.1. The van der Waals surface area contributed by atoms with E-state index in [4.69, 9.17) is 4.99 Å². The highest BCUT2D eigenvalue weighted by molar-refractivity contribution is 6.21. The van der Waals surface area contributed by atoms with Crippen LogP contribution in [-0.4, -0.2) is 23.8 Å². The van der Waals surface area contributed by atoms with Gasteiger partial charge in [-0.25, -0.2) is 0 Å². The molecule has 3 heteroatoms. The Morgan fingerprint density at radius 1 is 0.919 bits per heavy atom. The second-order valence-electron chi connectivity index (χ2n) is 10.4. The molecule has 0 radical (unpaired) electrons. The predicted molar refractivity (Wildman–Crippen MR) is 164 cm³/mol. The van der Waals surface area contributed by atoms with Crippen LogP contribution in [0, 0.1) is 0 Å². The molecule has 1 heterocycles. The summed E-state index contributed by atoms with van der Waals surface area (Å²) >= 11 is 0. The second kappa shape index (κ2) is 12.6. The van der Waals surface area contributed by atoms with E-state index in [0.29, 0.717) is 6.04 Å². The summed E-state index contributed by atoms with van der Waals surface area (Å²) in [6.45, 7) is 13.1. The fourth-order valence-corrected chi connectivity index (χ4v) is 5.29. The number of aromatic amines is 1. The zero-order chi connectivity index (χ0) is 26.2. The van der Waals surface area contributed by atoms with Crippen LogP contribution < -0.4 is 5.32 Å². The SMILES string of the molecule is C=C(C(C(=NC)c1ccc(CCc2ccccc2)cc1)=C(C)C)c1c[nH]c(C(=C)NC2CCCCC2)c1.[HH].[HH]. The van der Waals surface area contributed by atoms with Gasteiger partial charge < -0.3 is 10.3 Å². The number of H-pyrrole nitrogens is 1. The summed E-state index contributed by atoms with van der Waals surface area (Å²) in [6.07, 6.45) is 10.5. The Balaban J connectivity index is 0.00000267. The van der Waals surface area contributed by atoms with Gasteiger partial charge in [0.1, 0.15) is 0 Å². The van der Waals surface area contributed by atoms with Gasteiger partial charge in [-0.2, -0.15) is 0 Å². The normalized spacial score (nSPS) is 14.3. The van der Waals surface area contributed by atoms with Gasteiger partial charge in [-0.1, -0.05) is 92.6 Å². The maximum atomic E-state index is 4.73. The Morgan fingerprint density at radius 3 is 2.19 bits per heavy atom. The average Bonchev–Trinajstić information content (AvgIpc) is 3.42. The van der Waals surface area contributed by atoms with Crippen LogP contribution in [0.15, 0.2) is 96.2 Å². The van der Waals surface area contributed by atoms with Gasteiger partial charge >= 0.3 is 0 Å². The summed E-state index contributed by atoms with van der Waals surface area (Å²) in [7, 11) is 1.87. The molecule has 0 saturated heterocycles. The van der Waals surface area contributed by atoms with Crippen molar-refractivity contribution in [2.24, 2.45) is 4.99 Å². The van der Waals surface area contributed by atoms with E-state index in [9.17, 15) is 0 Å². The van der Waals surface area contributed by atoms with E-state index in [-0.39, 0.29) is 2.85 Å². The van der Waals surface area contributed by atoms with E-state index in [1.807, 2.05) is 13.2 Å². The van der Waals surface area contributed by atoms with E-state index in [1.54, 1.807) is 0 Å². The molecule has 0 atom stereocenters. The molecule has 3 nitrogen and oxygen atoms in total. The number of nitrogens with one attached hydrogen (secondary N) is 2. The summed E-state index contributed by atoms with van der Waals surface area (Å²) in [5.74, 6) is 0. The lowest BCUT2D eigenvalue weighted by atomic mass is 9.89. The highest BCUT2D eigenvalue weighted by Gasteiger charge is 2.19. The molecule has 1 aliphatic carbocycles. The lowest BCUT2D eigenvalue weighted by molar-refractivity contribution is 0.409. The zero-order valence-corrected chi connectivity index (χ0v) is 22.7. The molecule has 1 saturated carbocycles. The van der Waals surface area contributed by atoms with Crippen LogP contribution in [0.1, 0.15) is 76.8 Å². The van der Waals surface area contributed by atoms with Gasteiger partial charge in [-0.15, -0.1) is 0 Å². The second-order valence-corrected chi connectivity index (χ2v) is 10.4. The number of rotatable bonds is 10. The smallest absolute Gasteiger partial charge is 0.0720 e. The van der Waals surface area contributed by atoms with Gasteiger partial charge in [-0.3, -0.25) is 4.99 Å². The molecule has 0 amide bonds. The fraction of sp³-hybridized carbons (Fsp3) is 0.324. The molecule has 0 spiro atoms. The molecule has 4 rings (SSSR count). The third-order valence-corrected chi connectivity index (χ3v) is 7.37. The maximum Gasteiger partial charge on any atom is 0.0720 e. The lowest BCUT2D eigenvalue weighted by Crippen LogP contribution is -2.29. The Hall–Kier alpha value is -3.59. The van der Waals surface area contributed by atoms with Crippen molar-refractivity contribution in [3.8, 4) is 0 Å². The van der Waals surface area contributed by atoms with Crippen LogP contribution >= 0.6 is 0 Å². The highest BCUT2D eigenvalue weighted by Crippen LogP contribution is 2.30. The first-order valence-corrected chi connectivity index (χ1v) is 13.6. The minimum Gasteiger partial charge on any atom is -0.381 e. The number of hydrogen-bond acceptors (Lipinski definition) is 2. The molecule has 0 aliphatic heterocycles. The first kappa shape index (κ1) is 26.5. The Kier molecular flexibility index (Phi) is 9.00. The number of aliphatic imine (C=N–C) groups is 1. The molecular formula is C34H45N3. The standard InChI is InChI=1S/C34H41N3.2H2/c1-24(2)33(25(3)30-22-32(36-23-30)26(4)37-31-14-10-7-11-15-31)34(35-5)29-20-18-28(19-21-29)17-16-27-12-8-6-9-13-27;;/h6,8-9,12-13,18-23,31,36-37H,3-4,7,10-11,14-17H2,1-2,5H3;2*1H. The number of hydrogen-bond donors (Lipinski definition) is 2. The number of nitrogens with zero attached hydrogens (tertiary/aromatic N) is 1. The number of benzene rings is 2.